The summed E-state index contributed by atoms with van der Waals surface area (Å²) in [4.78, 5) is 14.6. The minimum absolute atomic E-state index is 0.0818. The highest BCUT2D eigenvalue weighted by Crippen LogP contribution is 2.38. The molecule has 0 aliphatic carbocycles. The van der Waals surface area contributed by atoms with Gasteiger partial charge in [-0.3, -0.25) is 4.79 Å². The lowest BCUT2D eigenvalue weighted by molar-refractivity contribution is 0.0730. The van der Waals surface area contributed by atoms with Crippen molar-refractivity contribution in [3.8, 4) is 11.5 Å². The van der Waals surface area contributed by atoms with E-state index in [1.807, 2.05) is 18.2 Å². The maximum atomic E-state index is 14.1. The van der Waals surface area contributed by atoms with E-state index in [0.29, 0.717) is 30.0 Å². The normalized spacial score (nSPS) is 19.1. The number of ether oxygens (including phenoxy) is 2. The first-order valence-electron chi connectivity index (χ1n) is 8.29. The number of likely N-dealkylation sites (tertiary alicyclic amines) is 1. The van der Waals surface area contributed by atoms with Crippen molar-refractivity contribution in [3.05, 3.63) is 57.8 Å². The summed E-state index contributed by atoms with van der Waals surface area (Å²) in [7, 11) is 0. The van der Waals surface area contributed by atoms with E-state index in [1.165, 1.54) is 12.1 Å². The lowest BCUT2D eigenvalue weighted by Crippen LogP contribution is -2.31. The fourth-order valence-corrected chi connectivity index (χ4v) is 3.80. The summed E-state index contributed by atoms with van der Waals surface area (Å²) in [5, 5.41) is 0. The number of nitrogens with zero attached hydrogens (tertiary/aromatic N) is 1. The van der Waals surface area contributed by atoms with Gasteiger partial charge in [0, 0.05) is 11.0 Å². The van der Waals surface area contributed by atoms with Gasteiger partial charge < -0.3 is 14.4 Å². The van der Waals surface area contributed by atoms with E-state index in [0.717, 1.165) is 24.2 Å². The molecule has 1 unspecified atom stereocenters. The Morgan fingerprint density at radius 1 is 1.12 bits per heavy atom. The van der Waals surface area contributed by atoms with Crippen LogP contribution in [0.15, 0.2) is 40.9 Å². The number of carbonyl (C=O) groups excluding carboxylic acids is 1. The Kier molecular flexibility index (Phi) is 4.37. The second-order valence-electron chi connectivity index (χ2n) is 6.18. The molecule has 25 heavy (non-hydrogen) atoms. The first kappa shape index (κ1) is 16.4. The molecule has 1 atom stereocenters. The molecule has 0 N–H and O–H groups in total. The van der Waals surface area contributed by atoms with Crippen molar-refractivity contribution in [2.24, 2.45) is 0 Å². The molecule has 1 fully saturated rings. The number of amides is 1. The molecule has 0 aromatic heterocycles. The van der Waals surface area contributed by atoms with Crippen LogP contribution in [0, 0.1) is 5.82 Å². The van der Waals surface area contributed by atoms with Crippen molar-refractivity contribution in [1.82, 2.24) is 4.90 Å². The van der Waals surface area contributed by atoms with E-state index in [9.17, 15) is 9.18 Å². The molecule has 1 saturated heterocycles. The van der Waals surface area contributed by atoms with Crippen molar-refractivity contribution in [2.75, 3.05) is 19.8 Å². The first-order chi connectivity index (χ1) is 12.1. The highest BCUT2D eigenvalue weighted by atomic mass is 79.9. The second kappa shape index (κ2) is 6.67. The Balaban J connectivity index is 1.64. The molecule has 1 amide bonds. The van der Waals surface area contributed by atoms with Crippen LogP contribution in [-0.4, -0.2) is 30.6 Å². The van der Waals surface area contributed by atoms with Gasteiger partial charge in [0.1, 0.15) is 19.0 Å². The molecule has 0 bridgehead atoms. The average Bonchev–Trinajstić information content (AvgIpc) is 3.12. The van der Waals surface area contributed by atoms with Crippen LogP contribution in [0.3, 0.4) is 0 Å². The molecular formula is C19H17BrFNO3. The fourth-order valence-electron chi connectivity index (χ4n) is 3.44. The van der Waals surface area contributed by atoms with Gasteiger partial charge in [-0.1, -0.05) is 22.0 Å². The molecule has 4 rings (SSSR count). The quantitative estimate of drug-likeness (QED) is 0.745. The van der Waals surface area contributed by atoms with Crippen molar-refractivity contribution in [3.63, 3.8) is 0 Å². The van der Waals surface area contributed by atoms with E-state index in [1.54, 1.807) is 11.0 Å². The Morgan fingerprint density at radius 3 is 2.76 bits per heavy atom. The lowest BCUT2D eigenvalue weighted by atomic mass is 10.0. The number of rotatable bonds is 2. The van der Waals surface area contributed by atoms with E-state index >= 15 is 0 Å². The van der Waals surface area contributed by atoms with Gasteiger partial charge in [-0.15, -0.1) is 0 Å². The largest absolute Gasteiger partial charge is 0.486 e. The first-order valence-corrected chi connectivity index (χ1v) is 9.08. The Morgan fingerprint density at radius 2 is 1.92 bits per heavy atom. The third-order valence-electron chi connectivity index (χ3n) is 4.62. The zero-order valence-electron chi connectivity index (χ0n) is 13.5. The lowest BCUT2D eigenvalue weighted by Gasteiger charge is -2.27. The summed E-state index contributed by atoms with van der Waals surface area (Å²) in [5.41, 5.74) is 1.09. The van der Waals surface area contributed by atoms with Crippen molar-refractivity contribution in [1.29, 1.82) is 0 Å². The van der Waals surface area contributed by atoms with Crippen LogP contribution in [0.25, 0.3) is 0 Å². The van der Waals surface area contributed by atoms with Crippen LogP contribution in [0.4, 0.5) is 4.39 Å². The minimum atomic E-state index is -0.499. The number of hydrogen-bond acceptors (Lipinski definition) is 3. The van der Waals surface area contributed by atoms with Crippen LogP contribution < -0.4 is 9.47 Å². The maximum absolute atomic E-state index is 14.1. The standard InChI is InChI=1S/C19H17BrFNO3/c20-13-4-5-15(21)14(11-13)19(23)22-7-1-2-16(22)12-3-6-17-18(10-12)25-9-8-24-17/h3-6,10-11,16H,1-2,7-9H2. The third kappa shape index (κ3) is 3.11. The summed E-state index contributed by atoms with van der Waals surface area (Å²) >= 11 is 3.31. The minimum Gasteiger partial charge on any atom is -0.486 e. The maximum Gasteiger partial charge on any atom is 0.257 e. The summed E-state index contributed by atoms with van der Waals surface area (Å²) < 4.78 is 26.0. The molecule has 0 saturated carbocycles. The second-order valence-corrected chi connectivity index (χ2v) is 7.10. The van der Waals surface area contributed by atoms with E-state index in [4.69, 9.17) is 9.47 Å². The van der Waals surface area contributed by atoms with Gasteiger partial charge in [0.15, 0.2) is 11.5 Å². The molecule has 2 aromatic carbocycles. The van der Waals surface area contributed by atoms with Crippen molar-refractivity contribution >= 4 is 21.8 Å². The van der Waals surface area contributed by atoms with E-state index in [2.05, 4.69) is 15.9 Å². The average molecular weight is 406 g/mol. The highest BCUT2D eigenvalue weighted by molar-refractivity contribution is 9.10. The van der Waals surface area contributed by atoms with Crippen molar-refractivity contribution < 1.29 is 18.7 Å². The van der Waals surface area contributed by atoms with Gasteiger partial charge in [-0.2, -0.15) is 0 Å². The Labute approximate surface area is 153 Å². The molecule has 2 aliphatic rings. The van der Waals surface area contributed by atoms with Crippen LogP contribution in [0.5, 0.6) is 11.5 Å². The SMILES string of the molecule is O=C(c1cc(Br)ccc1F)N1CCCC1c1ccc2c(c1)OCCO2. The predicted octanol–water partition coefficient (Wildman–Crippen LogP) is 4.34. The molecule has 130 valence electrons. The van der Waals surface area contributed by atoms with Gasteiger partial charge in [0.05, 0.1) is 11.6 Å². The monoisotopic (exact) mass is 405 g/mol. The molecule has 4 nitrogen and oxygen atoms in total. The Bertz CT molecular complexity index is 826. The van der Waals surface area contributed by atoms with Gasteiger partial charge in [0.25, 0.3) is 5.91 Å². The molecular weight excluding hydrogens is 389 g/mol. The topological polar surface area (TPSA) is 38.8 Å². The number of benzene rings is 2. The van der Waals surface area contributed by atoms with Gasteiger partial charge >= 0.3 is 0 Å². The Hall–Kier alpha value is -2.08. The summed E-state index contributed by atoms with van der Waals surface area (Å²) in [6, 6.07) is 10.1. The van der Waals surface area contributed by atoms with Gasteiger partial charge in [-0.05, 0) is 48.7 Å². The summed E-state index contributed by atoms with van der Waals surface area (Å²) in [5.74, 6) is 0.651. The number of hydrogen-bond donors (Lipinski definition) is 0. The van der Waals surface area contributed by atoms with E-state index < -0.39 is 5.82 Å². The number of fused-ring (bicyclic) bond motifs is 1. The summed E-state index contributed by atoms with van der Waals surface area (Å²) in [6.45, 7) is 1.68. The smallest absolute Gasteiger partial charge is 0.257 e. The van der Waals surface area contributed by atoms with Crippen LogP contribution >= 0.6 is 15.9 Å². The highest BCUT2D eigenvalue weighted by Gasteiger charge is 2.32. The fraction of sp³-hybridized carbons (Fsp3) is 0.316. The molecule has 6 heteroatoms. The van der Waals surface area contributed by atoms with Crippen LogP contribution in [-0.2, 0) is 0 Å². The molecule has 0 radical (unpaired) electrons. The van der Waals surface area contributed by atoms with Crippen LogP contribution in [0.2, 0.25) is 0 Å². The third-order valence-corrected chi connectivity index (χ3v) is 5.12. The molecule has 2 aliphatic heterocycles. The predicted molar refractivity (Wildman–Crippen MR) is 94.5 cm³/mol. The molecule has 0 spiro atoms. The number of halogens is 2. The van der Waals surface area contributed by atoms with Crippen LogP contribution in [0.1, 0.15) is 34.8 Å². The van der Waals surface area contributed by atoms with E-state index in [-0.39, 0.29) is 17.5 Å². The zero-order valence-corrected chi connectivity index (χ0v) is 15.1. The molecule has 2 aromatic rings. The summed E-state index contributed by atoms with van der Waals surface area (Å²) in [6.07, 6.45) is 1.74. The van der Waals surface area contributed by atoms with Crippen molar-refractivity contribution in [2.45, 2.75) is 18.9 Å². The van der Waals surface area contributed by atoms with Gasteiger partial charge in [0.2, 0.25) is 0 Å². The zero-order chi connectivity index (χ0) is 17.4. The molecule has 2 heterocycles. The number of carbonyl (C=O) groups is 1. The van der Waals surface area contributed by atoms with Gasteiger partial charge in [-0.25, -0.2) is 4.39 Å².